The van der Waals surface area contributed by atoms with Crippen LogP contribution in [0.15, 0.2) is 32.5 Å². The number of aromatic nitrogens is 2. The van der Waals surface area contributed by atoms with Crippen LogP contribution in [0.4, 0.5) is 0 Å². The number of amides is 1. The fraction of sp³-hybridized carbons (Fsp3) is 0.562. The Hall–Kier alpha value is -1.81. The van der Waals surface area contributed by atoms with E-state index in [0.717, 1.165) is 18.2 Å². The fourth-order valence-corrected chi connectivity index (χ4v) is 5.31. The summed E-state index contributed by atoms with van der Waals surface area (Å²) in [6.07, 6.45) is 2.76. The molecule has 0 unspecified atom stereocenters. The quantitative estimate of drug-likeness (QED) is 0.653. The topological polar surface area (TPSA) is 107 Å². The molecule has 10 heteroatoms. The zero-order chi connectivity index (χ0) is 18.7. The van der Waals surface area contributed by atoms with Gasteiger partial charge in [-0.1, -0.05) is 18.7 Å². The smallest absolute Gasteiger partial charge is 0.284 e. The van der Waals surface area contributed by atoms with Gasteiger partial charge in [0, 0.05) is 12.1 Å². The second kappa shape index (κ2) is 7.83. The molecule has 26 heavy (non-hydrogen) atoms. The number of furan rings is 1. The van der Waals surface area contributed by atoms with Crippen molar-refractivity contribution >= 4 is 27.5 Å². The standard InChI is InChI=1S/C16H21N3O5S2/c1-3-11(2)19(12-6-8-26(21,22)10-12)14(20)9-25-16-18-17-15(24-16)13-5-4-7-23-13/h4-5,7,11-12H,3,6,8-10H2,1-2H3/t11-,12-/m0/s1. The van der Waals surface area contributed by atoms with E-state index >= 15 is 0 Å². The van der Waals surface area contributed by atoms with Crippen LogP contribution >= 0.6 is 11.8 Å². The first-order chi connectivity index (χ1) is 12.4. The maximum absolute atomic E-state index is 12.8. The lowest BCUT2D eigenvalue weighted by atomic mass is 10.1. The molecule has 1 fully saturated rings. The maximum Gasteiger partial charge on any atom is 0.284 e. The Morgan fingerprint density at radius 2 is 2.27 bits per heavy atom. The molecule has 8 nitrogen and oxygen atoms in total. The van der Waals surface area contributed by atoms with Crippen molar-refractivity contribution in [3.63, 3.8) is 0 Å². The van der Waals surface area contributed by atoms with Gasteiger partial charge < -0.3 is 13.7 Å². The van der Waals surface area contributed by atoms with Gasteiger partial charge in [0.1, 0.15) is 0 Å². The summed E-state index contributed by atoms with van der Waals surface area (Å²) in [6, 6.07) is 3.14. The largest absolute Gasteiger partial charge is 0.459 e. The summed E-state index contributed by atoms with van der Waals surface area (Å²) < 4.78 is 34.3. The average Bonchev–Trinajstić information content (AvgIpc) is 3.33. The predicted molar refractivity (Wildman–Crippen MR) is 96.4 cm³/mol. The molecule has 1 aliphatic rings. The highest BCUT2D eigenvalue weighted by Gasteiger charge is 2.36. The first-order valence-electron chi connectivity index (χ1n) is 8.41. The van der Waals surface area contributed by atoms with E-state index in [1.807, 2.05) is 13.8 Å². The van der Waals surface area contributed by atoms with E-state index in [9.17, 15) is 13.2 Å². The maximum atomic E-state index is 12.8. The second-order valence-corrected chi connectivity index (χ2v) is 9.41. The van der Waals surface area contributed by atoms with Crippen molar-refractivity contribution in [2.75, 3.05) is 17.3 Å². The molecule has 0 saturated carbocycles. The lowest BCUT2D eigenvalue weighted by molar-refractivity contribution is -0.132. The summed E-state index contributed by atoms with van der Waals surface area (Å²) in [4.78, 5) is 14.5. The molecule has 0 aromatic carbocycles. The van der Waals surface area contributed by atoms with Crippen molar-refractivity contribution in [1.29, 1.82) is 0 Å². The van der Waals surface area contributed by atoms with Gasteiger partial charge in [-0.15, -0.1) is 10.2 Å². The van der Waals surface area contributed by atoms with E-state index in [1.165, 1.54) is 6.26 Å². The van der Waals surface area contributed by atoms with Crippen LogP contribution in [0.5, 0.6) is 0 Å². The van der Waals surface area contributed by atoms with Crippen molar-refractivity contribution in [1.82, 2.24) is 15.1 Å². The third kappa shape index (κ3) is 4.29. The molecule has 142 valence electrons. The van der Waals surface area contributed by atoms with Crippen LogP contribution in [0.1, 0.15) is 26.7 Å². The molecule has 0 bridgehead atoms. The summed E-state index contributed by atoms with van der Waals surface area (Å²) in [6.45, 7) is 3.92. The molecule has 2 aromatic heterocycles. The average molecular weight is 399 g/mol. The molecule has 0 spiro atoms. The van der Waals surface area contributed by atoms with Gasteiger partial charge in [0.15, 0.2) is 15.6 Å². The van der Waals surface area contributed by atoms with Gasteiger partial charge in [-0.3, -0.25) is 4.79 Å². The molecule has 1 aliphatic heterocycles. The number of nitrogens with zero attached hydrogens (tertiary/aromatic N) is 3. The molecule has 1 saturated heterocycles. The Morgan fingerprint density at radius 3 is 2.88 bits per heavy atom. The van der Waals surface area contributed by atoms with Crippen molar-refractivity contribution in [2.45, 2.75) is 44.0 Å². The predicted octanol–water partition coefficient (Wildman–Crippen LogP) is 2.24. The molecule has 0 aliphatic carbocycles. The summed E-state index contributed by atoms with van der Waals surface area (Å²) >= 11 is 1.14. The number of hydrogen-bond donors (Lipinski definition) is 0. The summed E-state index contributed by atoms with van der Waals surface area (Å²) in [5.41, 5.74) is 0. The Bertz CT molecular complexity index is 847. The van der Waals surface area contributed by atoms with E-state index < -0.39 is 9.84 Å². The lowest BCUT2D eigenvalue weighted by Crippen LogP contribution is -2.47. The normalized spacial score (nSPS) is 20.2. The van der Waals surface area contributed by atoms with Gasteiger partial charge >= 0.3 is 0 Å². The van der Waals surface area contributed by atoms with Gasteiger partial charge in [-0.05, 0) is 31.9 Å². The van der Waals surface area contributed by atoms with Crippen molar-refractivity contribution < 1.29 is 22.0 Å². The minimum absolute atomic E-state index is 0.0252. The van der Waals surface area contributed by atoms with Crippen molar-refractivity contribution in [3.05, 3.63) is 18.4 Å². The van der Waals surface area contributed by atoms with Gasteiger partial charge in [0.05, 0.1) is 23.5 Å². The monoisotopic (exact) mass is 399 g/mol. The molecule has 2 aromatic rings. The van der Waals surface area contributed by atoms with E-state index in [4.69, 9.17) is 8.83 Å². The zero-order valence-electron chi connectivity index (χ0n) is 14.6. The van der Waals surface area contributed by atoms with Gasteiger partial charge in [-0.2, -0.15) is 0 Å². The first kappa shape index (κ1) is 19.0. The molecule has 0 radical (unpaired) electrons. The Kier molecular flexibility index (Phi) is 5.71. The molecular weight excluding hydrogens is 378 g/mol. The highest BCUT2D eigenvalue weighted by molar-refractivity contribution is 7.99. The van der Waals surface area contributed by atoms with Crippen LogP contribution in [-0.2, 0) is 14.6 Å². The van der Waals surface area contributed by atoms with Gasteiger partial charge in [-0.25, -0.2) is 8.42 Å². The van der Waals surface area contributed by atoms with Crippen molar-refractivity contribution in [2.24, 2.45) is 0 Å². The van der Waals surface area contributed by atoms with Crippen LogP contribution in [-0.4, -0.2) is 58.8 Å². The van der Waals surface area contributed by atoms with Crippen LogP contribution in [0.3, 0.4) is 0 Å². The second-order valence-electron chi connectivity index (χ2n) is 6.25. The molecule has 1 amide bonds. The highest BCUT2D eigenvalue weighted by Crippen LogP contribution is 2.26. The molecule has 3 rings (SSSR count). The fourth-order valence-electron chi connectivity index (χ4n) is 2.97. The molecule has 0 N–H and O–H groups in total. The zero-order valence-corrected chi connectivity index (χ0v) is 16.3. The number of carbonyl (C=O) groups is 1. The number of carbonyl (C=O) groups excluding carboxylic acids is 1. The van der Waals surface area contributed by atoms with Crippen LogP contribution in [0, 0.1) is 0 Å². The number of thioether (sulfide) groups is 1. The summed E-state index contributed by atoms with van der Waals surface area (Å²) in [7, 11) is -3.06. The summed E-state index contributed by atoms with van der Waals surface area (Å²) in [5, 5.41) is 8.07. The van der Waals surface area contributed by atoms with Crippen LogP contribution in [0.2, 0.25) is 0 Å². The summed E-state index contributed by atoms with van der Waals surface area (Å²) in [5.74, 6) is 0.890. The minimum Gasteiger partial charge on any atom is -0.459 e. The number of hydrogen-bond acceptors (Lipinski definition) is 8. The number of sulfone groups is 1. The molecular formula is C16H21N3O5S2. The minimum atomic E-state index is -3.06. The SMILES string of the molecule is CC[C@H](C)N(C(=O)CSc1nnc(-c2ccco2)o1)[C@H]1CCS(=O)(=O)C1. The third-order valence-corrected chi connectivity index (χ3v) is 6.97. The van der Waals surface area contributed by atoms with Crippen LogP contribution in [0.25, 0.3) is 11.7 Å². The highest BCUT2D eigenvalue weighted by atomic mass is 32.2. The molecule has 3 heterocycles. The van der Waals surface area contributed by atoms with E-state index in [0.29, 0.717) is 12.2 Å². The Morgan fingerprint density at radius 1 is 1.46 bits per heavy atom. The van der Waals surface area contributed by atoms with Gasteiger partial charge in [0.25, 0.3) is 11.1 Å². The van der Waals surface area contributed by atoms with Crippen LogP contribution < -0.4 is 0 Å². The van der Waals surface area contributed by atoms with E-state index in [2.05, 4.69) is 10.2 Å². The first-order valence-corrected chi connectivity index (χ1v) is 11.2. The van der Waals surface area contributed by atoms with Crippen molar-refractivity contribution in [3.8, 4) is 11.7 Å². The Balaban J connectivity index is 1.64. The molecule has 2 atom stereocenters. The van der Waals surface area contributed by atoms with E-state index in [-0.39, 0.29) is 46.4 Å². The van der Waals surface area contributed by atoms with Gasteiger partial charge in [0.2, 0.25) is 5.91 Å². The number of rotatable bonds is 7. The Labute approximate surface area is 156 Å². The third-order valence-electron chi connectivity index (χ3n) is 4.41. The van der Waals surface area contributed by atoms with E-state index in [1.54, 1.807) is 17.0 Å². The lowest BCUT2D eigenvalue weighted by Gasteiger charge is -2.33.